The lowest BCUT2D eigenvalue weighted by molar-refractivity contribution is -0.133. The Hall–Kier alpha value is -1.77. The molecule has 0 bridgehead atoms. The van der Waals surface area contributed by atoms with Gasteiger partial charge in [-0.1, -0.05) is 52.5 Å². The van der Waals surface area contributed by atoms with E-state index in [1.165, 1.54) is 0 Å². The SMILES string of the molecule is C=C(COc1c(C(C)C)cccc1C(C)C)C(=O)O. The lowest BCUT2D eigenvalue weighted by atomic mass is 9.94. The Morgan fingerprint density at radius 3 is 2.05 bits per heavy atom. The van der Waals surface area contributed by atoms with Crippen molar-refractivity contribution in [2.75, 3.05) is 6.61 Å². The van der Waals surface area contributed by atoms with E-state index < -0.39 is 5.97 Å². The van der Waals surface area contributed by atoms with Gasteiger partial charge in [0.1, 0.15) is 12.4 Å². The van der Waals surface area contributed by atoms with Gasteiger partial charge in [0, 0.05) is 0 Å². The first-order valence-electron chi connectivity index (χ1n) is 6.51. The largest absolute Gasteiger partial charge is 0.488 e. The van der Waals surface area contributed by atoms with Crippen LogP contribution in [0.4, 0.5) is 0 Å². The van der Waals surface area contributed by atoms with E-state index >= 15 is 0 Å². The molecule has 0 saturated carbocycles. The number of benzene rings is 1. The van der Waals surface area contributed by atoms with Gasteiger partial charge in [-0.3, -0.25) is 0 Å². The summed E-state index contributed by atoms with van der Waals surface area (Å²) in [7, 11) is 0. The number of ether oxygens (including phenoxy) is 1. The van der Waals surface area contributed by atoms with E-state index in [0.29, 0.717) is 11.8 Å². The standard InChI is InChI=1S/C16H22O3/c1-10(2)13-7-6-8-14(11(3)4)15(13)19-9-12(5)16(17)18/h6-8,10-11H,5,9H2,1-4H3,(H,17,18). The third-order valence-corrected chi connectivity index (χ3v) is 3.01. The topological polar surface area (TPSA) is 46.5 Å². The molecule has 1 rings (SSSR count). The zero-order chi connectivity index (χ0) is 14.6. The van der Waals surface area contributed by atoms with Crippen molar-refractivity contribution in [2.45, 2.75) is 39.5 Å². The molecule has 0 aliphatic carbocycles. The molecular formula is C16H22O3. The molecule has 0 radical (unpaired) electrons. The van der Waals surface area contributed by atoms with Gasteiger partial charge in [0.05, 0.1) is 5.57 Å². The highest BCUT2D eigenvalue weighted by Crippen LogP contribution is 2.34. The highest BCUT2D eigenvalue weighted by Gasteiger charge is 2.16. The van der Waals surface area contributed by atoms with E-state index in [2.05, 4.69) is 34.3 Å². The smallest absolute Gasteiger partial charge is 0.334 e. The van der Waals surface area contributed by atoms with Crippen LogP contribution in [-0.2, 0) is 4.79 Å². The molecule has 19 heavy (non-hydrogen) atoms. The van der Waals surface area contributed by atoms with Gasteiger partial charge < -0.3 is 9.84 Å². The van der Waals surface area contributed by atoms with Crippen LogP contribution in [0.3, 0.4) is 0 Å². The fourth-order valence-electron chi connectivity index (χ4n) is 1.87. The maximum Gasteiger partial charge on any atom is 0.334 e. The zero-order valence-electron chi connectivity index (χ0n) is 12.1. The third kappa shape index (κ3) is 3.85. The number of hydrogen-bond acceptors (Lipinski definition) is 2. The number of rotatable bonds is 6. The lowest BCUT2D eigenvalue weighted by Crippen LogP contribution is -2.11. The first-order valence-corrected chi connectivity index (χ1v) is 6.51. The van der Waals surface area contributed by atoms with Gasteiger partial charge in [-0.2, -0.15) is 0 Å². The summed E-state index contributed by atoms with van der Waals surface area (Å²) >= 11 is 0. The van der Waals surface area contributed by atoms with Gasteiger partial charge in [-0.15, -0.1) is 0 Å². The number of hydrogen-bond donors (Lipinski definition) is 1. The first kappa shape index (κ1) is 15.3. The average Bonchev–Trinajstić information content (AvgIpc) is 2.34. The highest BCUT2D eigenvalue weighted by molar-refractivity contribution is 5.86. The summed E-state index contributed by atoms with van der Waals surface area (Å²) < 4.78 is 5.73. The van der Waals surface area contributed by atoms with E-state index in [0.717, 1.165) is 16.9 Å². The second kappa shape index (κ2) is 6.41. The Balaban J connectivity index is 3.08. The summed E-state index contributed by atoms with van der Waals surface area (Å²) in [5.41, 5.74) is 2.27. The lowest BCUT2D eigenvalue weighted by Gasteiger charge is -2.19. The molecule has 1 N–H and O–H groups in total. The van der Waals surface area contributed by atoms with Crippen molar-refractivity contribution in [3.05, 3.63) is 41.5 Å². The second-order valence-electron chi connectivity index (χ2n) is 5.27. The summed E-state index contributed by atoms with van der Waals surface area (Å²) in [5.74, 6) is 0.432. The van der Waals surface area contributed by atoms with Crippen LogP contribution < -0.4 is 4.74 Å². The van der Waals surface area contributed by atoms with Crippen molar-refractivity contribution in [3.63, 3.8) is 0 Å². The first-order chi connectivity index (χ1) is 8.84. The van der Waals surface area contributed by atoms with Crippen LogP contribution in [0.1, 0.15) is 50.7 Å². The van der Waals surface area contributed by atoms with Gasteiger partial charge in [0.2, 0.25) is 0 Å². The molecule has 0 amide bonds. The van der Waals surface area contributed by atoms with Crippen molar-refractivity contribution < 1.29 is 14.6 Å². The fourth-order valence-corrected chi connectivity index (χ4v) is 1.87. The highest BCUT2D eigenvalue weighted by atomic mass is 16.5. The fraction of sp³-hybridized carbons (Fsp3) is 0.438. The maximum atomic E-state index is 10.8. The molecular weight excluding hydrogens is 240 g/mol. The van der Waals surface area contributed by atoms with E-state index in [4.69, 9.17) is 9.84 Å². The zero-order valence-corrected chi connectivity index (χ0v) is 12.1. The van der Waals surface area contributed by atoms with Crippen LogP contribution in [0.25, 0.3) is 0 Å². The number of carboxylic acids is 1. The molecule has 0 fully saturated rings. The van der Waals surface area contributed by atoms with E-state index in [1.54, 1.807) is 0 Å². The van der Waals surface area contributed by atoms with E-state index in [9.17, 15) is 4.79 Å². The van der Waals surface area contributed by atoms with Crippen molar-refractivity contribution in [1.29, 1.82) is 0 Å². The number of carboxylic acid groups (broad SMARTS) is 1. The van der Waals surface area contributed by atoms with Crippen molar-refractivity contribution >= 4 is 5.97 Å². The predicted octanol–water partition coefficient (Wildman–Crippen LogP) is 3.95. The molecule has 104 valence electrons. The van der Waals surface area contributed by atoms with Crippen molar-refractivity contribution in [1.82, 2.24) is 0 Å². The monoisotopic (exact) mass is 262 g/mol. The molecule has 3 nitrogen and oxygen atoms in total. The predicted molar refractivity (Wildman–Crippen MR) is 76.9 cm³/mol. The Morgan fingerprint density at radius 1 is 1.21 bits per heavy atom. The average molecular weight is 262 g/mol. The maximum absolute atomic E-state index is 10.8. The van der Waals surface area contributed by atoms with E-state index in [1.807, 2.05) is 18.2 Å². The van der Waals surface area contributed by atoms with Crippen LogP contribution in [0, 0.1) is 0 Å². The summed E-state index contributed by atoms with van der Waals surface area (Å²) in [4.78, 5) is 10.8. The van der Waals surface area contributed by atoms with Gasteiger partial charge in [0.15, 0.2) is 0 Å². The molecule has 0 spiro atoms. The second-order valence-corrected chi connectivity index (χ2v) is 5.27. The molecule has 0 unspecified atom stereocenters. The Morgan fingerprint density at radius 2 is 1.68 bits per heavy atom. The van der Waals surface area contributed by atoms with E-state index in [-0.39, 0.29) is 12.2 Å². The summed E-state index contributed by atoms with van der Waals surface area (Å²) in [5, 5.41) is 8.84. The Bertz CT molecular complexity index is 447. The third-order valence-electron chi connectivity index (χ3n) is 3.01. The number of para-hydroxylation sites is 1. The molecule has 3 heteroatoms. The molecule has 0 aliphatic heterocycles. The Labute approximate surface area is 114 Å². The molecule has 0 heterocycles. The number of aliphatic carboxylic acids is 1. The quantitative estimate of drug-likeness (QED) is 0.789. The normalized spacial score (nSPS) is 10.8. The Kier molecular flexibility index (Phi) is 5.16. The van der Waals surface area contributed by atoms with Crippen LogP contribution in [0.2, 0.25) is 0 Å². The molecule has 0 aliphatic rings. The van der Waals surface area contributed by atoms with Gasteiger partial charge in [0.25, 0.3) is 0 Å². The summed E-state index contributed by atoms with van der Waals surface area (Å²) in [6, 6.07) is 6.06. The number of carbonyl (C=O) groups is 1. The van der Waals surface area contributed by atoms with Crippen LogP contribution in [0.15, 0.2) is 30.4 Å². The minimum absolute atomic E-state index is 0.0127. The van der Waals surface area contributed by atoms with Gasteiger partial charge in [-0.25, -0.2) is 4.79 Å². The molecule has 0 aromatic heterocycles. The molecule has 0 saturated heterocycles. The van der Waals surface area contributed by atoms with Crippen molar-refractivity contribution in [2.24, 2.45) is 0 Å². The van der Waals surface area contributed by atoms with Crippen LogP contribution in [-0.4, -0.2) is 17.7 Å². The van der Waals surface area contributed by atoms with Crippen LogP contribution in [0.5, 0.6) is 5.75 Å². The minimum Gasteiger partial charge on any atom is -0.488 e. The molecule has 1 aromatic carbocycles. The van der Waals surface area contributed by atoms with Gasteiger partial charge in [-0.05, 0) is 23.0 Å². The summed E-state index contributed by atoms with van der Waals surface area (Å²) in [6.07, 6.45) is 0. The molecule has 0 atom stereocenters. The van der Waals surface area contributed by atoms with Crippen LogP contribution >= 0.6 is 0 Å². The molecule has 1 aromatic rings. The minimum atomic E-state index is -1.02. The van der Waals surface area contributed by atoms with Crippen molar-refractivity contribution in [3.8, 4) is 5.75 Å². The summed E-state index contributed by atoms with van der Waals surface area (Å²) in [6.45, 7) is 11.9. The van der Waals surface area contributed by atoms with Gasteiger partial charge >= 0.3 is 5.97 Å².